The Hall–Kier alpha value is -0.880. The number of aliphatic hydroxyl groups is 1. The van der Waals surface area contributed by atoms with Gasteiger partial charge in [-0.05, 0) is 12.0 Å². The van der Waals surface area contributed by atoms with Gasteiger partial charge in [0.15, 0.2) is 9.84 Å². The van der Waals surface area contributed by atoms with Gasteiger partial charge < -0.3 is 5.11 Å². The molecular formula is C10H16N2O3S. The molecule has 90 valence electrons. The molecule has 1 N–H and O–H groups in total. The van der Waals surface area contributed by atoms with Gasteiger partial charge in [-0.1, -0.05) is 0 Å². The predicted molar refractivity (Wildman–Crippen MR) is 59.7 cm³/mol. The summed E-state index contributed by atoms with van der Waals surface area (Å²) < 4.78 is 24.2. The number of hydrogen-bond donors (Lipinski definition) is 1. The maximum absolute atomic E-state index is 11.3. The summed E-state index contributed by atoms with van der Waals surface area (Å²) in [6, 6.07) is 0. The molecule has 0 spiro atoms. The van der Waals surface area contributed by atoms with Crippen molar-refractivity contribution in [1.29, 1.82) is 0 Å². The summed E-state index contributed by atoms with van der Waals surface area (Å²) >= 11 is 0. The normalized spacial score (nSPS) is 25.8. The van der Waals surface area contributed by atoms with E-state index in [4.69, 9.17) is 0 Å². The minimum Gasteiger partial charge on any atom is -0.392 e. The van der Waals surface area contributed by atoms with Crippen LogP contribution in [-0.2, 0) is 23.3 Å². The lowest BCUT2D eigenvalue weighted by atomic mass is 9.97. The standard InChI is InChI=1S/C10H16N2O3S/c1-12-6-8(5-11-12)4-10(13)9-2-3-16(14,15)7-9/h5-6,9-10,13H,2-4,7H2,1H3. The van der Waals surface area contributed by atoms with Crippen LogP contribution in [0.25, 0.3) is 0 Å². The molecule has 0 amide bonds. The molecule has 6 heteroatoms. The maximum atomic E-state index is 11.3. The predicted octanol–water partition coefficient (Wildman–Crippen LogP) is -0.242. The monoisotopic (exact) mass is 244 g/mol. The Morgan fingerprint density at radius 3 is 2.94 bits per heavy atom. The average molecular weight is 244 g/mol. The molecule has 16 heavy (non-hydrogen) atoms. The quantitative estimate of drug-likeness (QED) is 0.796. The summed E-state index contributed by atoms with van der Waals surface area (Å²) in [6.07, 6.45) is 4.01. The lowest BCUT2D eigenvalue weighted by Gasteiger charge is -2.15. The number of rotatable bonds is 3. The van der Waals surface area contributed by atoms with Crippen LogP contribution < -0.4 is 0 Å². The van der Waals surface area contributed by atoms with Gasteiger partial charge in [0.2, 0.25) is 0 Å². The summed E-state index contributed by atoms with van der Waals surface area (Å²) in [4.78, 5) is 0. The zero-order valence-corrected chi connectivity index (χ0v) is 10.0. The average Bonchev–Trinajstić information content (AvgIpc) is 2.72. The van der Waals surface area contributed by atoms with E-state index in [9.17, 15) is 13.5 Å². The van der Waals surface area contributed by atoms with E-state index in [-0.39, 0.29) is 17.4 Å². The molecule has 0 radical (unpaired) electrons. The first-order valence-corrected chi connectivity index (χ1v) is 7.14. The summed E-state index contributed by atoms with van der Waals surface area (Å²) in [5.74, 6) is 0.209. The Bertz CT molecular complexity index is 466. The number of aliphatic hydroxyl groups excluding tert-OH is 1. The first kappa shape index (κ1) is 11.6. The van der Waals surface area contributed by atoms with Crippen LogP contribution in [0.1, 0.15) is 12.0 Å². The lowest BCUT2D eigenvalue weighted by molar-refractivity contribution is 0.120. The van der Waals surface area contributed by atoms with Crippen LogP contribution in [-0.4, -0.2) is 40.9 Å². The number of aromatic nitrogens is 2. The van der Waals surface area contributed by atoms with Crippen molar-refractivity contribution >= 4 is 9.84 Å². The minimum atomic E-state index is -2.91. The minimum absolute atomic E-state index is 0.119. The van der Waals surface area contributed by atoms with Gasteiger partial charge in [-0.15, -0.1) is 0 Å². The molecule has 1 aliphatic rings. The van der Waals surface area contributed by atoms with E-state index in [2.05, 4.69) is 5.10 Å². The number of hydrogen-bond acceptors (Lipinski definition) is 4. The Labute approximate surface area is 95.0 Å². The van der Waals surface area contributed by atoms with Crippen LogP contribution in [0, 0.1) is 5.92 Å². The van der Waals surface area contributed by atoms with E-state index >= 15 is 0 Å². The van der Waals surface area contributed by atoms with Gasteiger partial charge in [0.1, 0.15) is 0 Å². The molecule has 1 aliphatic heterocycles. The van der Waals surface area contributed by atoms with Crippen LogP contribution in [0.2, 0.25) is 0 Å². The molecule has 2 unspecified atom stereocenters. The lowest BCUT2D eigenvalue weighted by Crippen LogP contribution is -2.23. The van der Waals surface area contributed by atoms with Gasteiger partial charge in [-0.3, -0.25) is 4.68 Å². The number of nitrogens with zero attached hydrogens (tertiary/aromatic N) is 2. The van der Waals surface area contributed by atoms with Crippen LogP contribution in [0.3, 0.4) is 0 Å². The summed E-state index contributed by atoms with van der Waals surface area (Å²) in [7, 11) is -1.09. The van der Waals surface area contributed by atoms with Gasteiger partial charge in [0.05, 0.1) is 23.8 Å². The molecule has 2 heterocycles. The van der Waals surface area contributed by atoms with E-state index < -0.39 is 15.9 Å². The summed E-state index contributed by atoms with van der Waals surface area (Å²) in [5, 5.41) is 14.0. The third-order valence-corrected chi connectivity index (χ3v) is 4.81. The molecule has 0 aromatic carbocycles. The first-order chi connectivity index (χ1) is 7.46. The Morgan fingerprint density at radius 1 is 1.69 bits per heavy atom. The third-order valence-electron chi connectivity index (χ3n) is 3.02. The summed E-state index contributed by atoms with van der Waals surface area (Å²) in [5.41, 5.74) is 0.944. The fourth-order valence-electron chi connectivity index (χ4n) is 2.11. The molecule has 0 bridgehead atoms. The van der Waals surface area contributed by atoms with E-state index in [1.165, 1.54) is 0 Å². The first-order valence-electron chi connectivity index (χ1n) is 5.32. The second-order valence-corrected chi connectivity index (χ2v) is 6.69. The zero-order chi connectivity index (χ0) is 11.8. The largest absolute Gasteiger partial charge is 0.392 e. The van der Waals surface area contributed by atoms with Crippen molar-refractivity contribution in [2.75, 3.05) is 11.5 Å². The molecule has 1 fully saturated rings. The van der Waals surface area contributed by atoms with Crippen molar-refractivity contribution in [2.24, 2.45) is 13.0 Å². The summed E-state index contributed by atoms with van der Waals surface area (Å²) in [6.45, 7) is 0. The van der Waals surface area contributed by atoms with Crippen LogP contribution in [0.5, 0.6) is 0 Å². The fraction of sp³-hybridized carbons (Fsp3) is 0.700. The highest BCUT2D eigenvalue weighted by Crippen LogP contribution is 2.23. The van der Waals surface area contributed by atoms with E-state index in [1.54, 1.807) is 10.9 Å². The van der Waals surface area contributed by atoms with E-state index in [0.29, 0.717) is 12.8 Å². The number of sulfone groups is 1. The van der Waals surface area contributed by atoms with Gasteiger partial charge in [-0.2, -0.15) is 5.10 Å². The van der Waals surface area contributed by atoms with Crippen molar-refractivity contribution in [3.8, 4) is 0 Å². The van der Waals surface area contributed by atoms with E-state index in [0.717, 1.165) is 5.56 Å². The third kappa shape index (κ3) is 2.62. The van der Waals surface area contributed by atoms with Crippen LogP contribution in [0.4, 0.5) is 0 Å². The van der Waals surface area contributed by atoms with Gasteiger partial charge in [-0.25, -0.2) is 8.42 Å². The molecular weight excluding hydrogens is 228 g/mol. The highest BCUT2D eigenvalue weighted by molar-refractivity contribution is 7.91. The molecule has 2 atom stereocenters. The zero-order valence-electron chi connectivity index (χ0n) is 9.20. The van der Waals surface area contributed by atoms with Crippen molar-refractivity contribution in [3.05, 3.63) is 18.0 Å². The van der Waals surface area contributed by atoms with E-state index in [1.807, 2.05) is 13.2 Å². The Morgan fingerprint density at radius 2 is 2.44 bits per heavy atom. The van der Waals surface area contributed by atoms with Crippen molar-refractivity contribution in [3.63, 3.8) is 0 Å². The molecule has 0 saturated carbocycles. The van der Waals surface area contributed by atoms with Gasteiger partial charge >= 0.3 is 0 Å². The second-order valence-electron chi connectivity index (χ2n) is 4.46. The SMILES string of the molecule is Cn1cc(CC(O)C2CCS(=O)(=O)C2)cn1. The highest BCUT2D eigenvalue weighted by atomic mass is 32.2. The highest BCUT2D eigenvalue weighted by Gasteiger charge is 2.32. The van der Waals surface area contributed by atoms with Crippen molar-refractivity contribution in [2.45, 2.75) is 18.9 Å². The molecule has 1 aromatic rings. The second kappa shape index (κ2) is 4.18. The smallest absolute Gasteiger partial charge is 0.150 e. The molecule has 1 aromatic heterocycles. The fourth-order valence-corrected chi connectivity index (χ4v) is 3.98. The van der Waals surface area contributed by atoms with Gasteiger partial charge in [0, 0.05) is 25.6 Å². The Kier molecular flexibility index (Phi) is 3.03. The number of aryl methyl sites for hydroxylation is 1. The molecule has 5 nitrogen and oxygen atoms in total. The van der Waals surface area contributed by atoms with Crippen molar-refractivity contribution < 1.29 is 13.5 Å². The Balaban J connectivity index is 1.96. The molecule has 2 rings (SSSR count). The molecule has 1 saturated heterocycles. The van der Waals surface area contributed by atoms with Crippen LogP contribution >= 0.6 is 0 Å². The maximum Gasteiger partial charge on any atom is 0.150 e. The van der Waals surface area contributed by atoms with Crippen molar-refractivity contribution in [1.82, 2.24) is 9.78 Å². The van der Waals surface area contributed by atoms with Crippen LogP contribution in [0.15, 0.2) is 12.4 Å². The van der Waals surface area contributed by atoms with Gasteiger partial charge in [0.25, 0.3) is 0 Å². The molecule has 0 aliphatic carbocycles. The topological polar surface area (TPSA) is 72.2 Å².